The molecule has 7 aromatic carbocycles. The Bertz CT molecular complexity index is 3010. The second-order valence-electron chi connectivity index (χ2n) is 13.9. The largest absolute Gasteiger partial charge is 0.318 e. The van der Waals surface area contributed by atoms with Gasteiger partial charge in [0.25, 0.3) is 0 Å². The Morgan fingerprint density at radius 1 is 0.462 bits per heavy atom. The van der Waals surface area contributed by atoms with E-state index in [9.17, 15) is 0 Å². The van der Waals surface area contributed by atoms with Crippen LogP contribution in [0, 0.1) is 0 Å². The first-order valence-corrected chi connectivity index (χ1v) is 18.0. The van der Waals surface area contributed by atoms with Crippen LogP contribution in [0.3, 0.4) is 0 Å². The molecule has 4 heteroatoms. The highest BCUT2D eigenvalue weighted by molar-refractivity contribution is 6.26. The maximum absolute atomic E-state index is 2.57. The van der Waals surface area contributed by atoms with E-state index in [1.807, 2.05) is 0 Å². The summed E-state index contributed by atoms with van der Waals surface area (Å²) in [5.74, 6) is 0. The average molecular weight is 664 g/mol. The van der Waals surface area contributed by atoms with Crippen LogP contribution in [0.1, 0.15) is 5.56 Å². The van der Waals surface area contributed by atoms with E-state index in [4.69, 9.17) is 0 Å². The highest BCUT2D eigenvalue weighted by atomic mass is 15.3. The molecule has 0 N–H and O–H groups in total. The summed E-state index contributed by atoms with van der Waals surface area (Å²) in [5.41, 5.74) is 16.0. The number of aromatic nitrogens is 2. The van der Waals surface area contributed by atoms with Crippen molar-refractivity contribution >= 4 is 77.6 Å². The van der Waals surface area contributed by atoms with Crippen molar-refractivity contribution in [2.24, 2.45) is 0 Å². The van der Waals surface area contributed by atoms with Crippen LogP contribution in [0.2, 0.25) is 0 Å². The minimum atomic E-state index is 0.0771. The lowest BCUT2D eigenvalue weighted by molar-refractivity contribution is 0.931. The fourth-order valence-corrected chi connectivity index (χ4v) is 9.32. The predicted molar refractivity (Wildman–Crippen MR) is 218 cm³/mol. The van der Waals surface area contributed by atoms with Crippen LogP contribution in [-0.4, -0.2) is 20.9 Å². The summed E-state index contributed by atoms with van der Waals surface area (Å²) in [6.07, 6.45) is 6.88. The number of hydrogen-bond donors (Lipinski definition) is 0. The highest BCUT2D eigenvalue weighted by Gasteiger charge is 2.49. The average Bonchev–Trinajstić information content (AvgIpc) is 3.85. The van der Waals surface area contributed by atoms with Crippen molar-refractivity contribution in [3.05, 3.63) is 188 Å². The molecule has 3 aliphatic rings. The summed E-state index contributed by atoms with van der Waals surface area (Å²) in [6.45, 7) is 0. The van der Waals surface area contributed by atoms with Crippen LogP contribution in [0.15, 0.2) is 182 Å². The van der Waals surface area contributed by atoms with Crippen molar-refractivity contribution in [2.45, 2.75) is 6.04 Å². The molecule has 9 aromatic rings. The summed E-state index contributed by atoms with van der Waals surface area (Å²) in [7, 11) is 0. The zero-order chi connectivity index (χ0) is 33.9. The number of anilines is 2. The Balaban J connectivity index is 1.08. The van der Waals surface area contributed by atoms with Gasteiger partial charge in [0, 0.05) is 62.8 Å². The predicted octanol–water partition coefficient (Wildman–Crippen LogP) is 11.6. The summed E-state index contributed by atoms with van der Waals surface area (Å²) < 4.78 is 7.29. The summed E-state index contributed by atoms with van der Waals surface area (Å²) in [4.78, 5) is 2.57. The standard InChI is InChI=1S/C48H31N4/c1-2-13-31(14-3-1)51-41-22-10-11-23-42(41)52-44-30-29-43-46(47(44)37-18-12-24-45(51)48(37)52)36-17-6-9-21-40(36)50(43)33-27-25-32(26-28-33)49-38-19-7-4-15-34(38)35-16-5-8-20-39(35)49/h1-30,48H/q+1. The molecule has 12 rings (SSSR count). The van der Waals surface area contributed by atoms with Gasteiger partial charge >= 0.3 is 0 Å². The Kier molecular flexibility index (Phi) is 5.53. The number of rotatable bonds is 3. The van der Waals surface area contributed by atoms with Gasteiger partial charge in [-0.1, -0.05) is 97.1 Å². The molecule has 0 spiro atoms. The van der Waals surface area contributed by atoms with Crippen molar-refractivity contribution in [2.75, 3.05) is 4.90 Å². The molecule has 52 heavy (non-hydrogen) atoms. The van der Waals surface area contributed by atoms with Gasteiger partial charge in [-0.3, -0.25) is 0 Å². The number of hydrogen-bond acceptors (Lipinski definition) is 1. The lowest BCUT2D eigenvalue weighted by Gasteiger charge is -2.32. The van der Waals surface area contributed by atoms with E-state index in [2.05, 4.69) is 201 Å². The number of fused-ring (bicyclic) bond motifs is 12. The topological polar surface area (TPSA) is 16.1 Å². The number of allylic oxidation sites excluding steroid dienone is 2. The van der Waals surface area contributed by atoms with Crippen molar-refractivity contribution in [1.82, 2.24) is 13.7 Å². The minimum Gasteiger partial charge on any atom is -0.318 e. The molecule has 0 saturated carbocycles. The van der Waals surface area contributed by atoms with E-state index < -0.39 is 0 Å². The maximum Gasteiger partial charge on any atom is 0.235 e. The first-order chi connectivity index (χ1) is 25.8. The van der Waals surface area contributed by atoms with Gasteiger partial charge in [0.05, 0.1) is 27.8 Å². The molecule has 0 saturated heterocycles. The molecule has 2 aromatic heterocycles. The normalized spacial score (nSPS) is 15.8. The molecule has 2 aliphatic heterocycles. The van der Waals surface area contributed by atoms with E-state index >= 15 is 0 Å². The number of para-hydroxylation sites is 6. The quantitative estimate of drug-likeness (QED) is 0.172. The van der Waals surface area contributed by atoms with E-state index in [0.29, 0.717) is 0 Å². The second kappa shape index (κ2) is 10.3. The van der Waals surface area contributed by atoms with E-state index in [1.165, 1.54) is 83.2 Å². The molecule has 1 aliphatic carbocycles. The van der Waals surface area contributed by atoms with Crippen molar-refractivity contribution in [1.29, 1.82) is 0 Å². The fraction of sp³-hybridized carbons (Fsp3) is 0.0208. The van der Waals surface area contributed by atoms with Crippen LogP contribution < -0.4 is 9.48 Å². The lowest BCUT2D eigenvalue weighted by atomic mass is 9.90. The summed E-state index contributed by atoms with van der Waals surface area (Å²) in [5, 5.41) is 5.12. The van der Waals surface area contributed by atoms with E-state index in [-0.39, 0.29) is 6.04 Å². The molecular formula is C48H31N4+. The Labute approximate surface area is 300 Å². The molecule has 1 unspecified atom stereocenters. The van der Waals surface area contributed by atoms with Gasteiger partial charge < -0.3 is 14.0 Å². The van der Waals surface area contributed by atoms with Crippen LogP contribution in [0.4, 0.5) is 22.7 Å². The smallest absolute Gasteiger partial charge is 0.235 e. The molecule has 0 amide bonds. The van der Waals surface area contributed by atoms with Gasteiger partial charge in [-0.05, 0) is 66.2 Å². The van der Waals surface area contributed by atoms with Gasteiger partial charge in [-0.25, -0.2) is 0 Å². The van der Waals surface area contributed by atoms with Crippen LogP contribution in [0.25, 0.3) is 60.6 Å². The monoisotopic (exact) mass is 663 g/mol. The molecule has 4 heterocycles. The number of benzene rings is 7. The SMILES string of the molecule is C1=CC2=[N+](c3ccccc3)c3ccccc3N3c4ccc5c(c4C(=C1)C23)c1ccccc1n5-c1ccc(-n2c3ccccc3c3ccccc32)cc1. The van der Waals surface area contributed by atoms with Crippen LogP contribution >= 0.6 is 0 Å². The fourth-order valence-electron chi connectivity index (χ4n) is 9.32. The van der Waals surface area contributed by atoms with Gasteiger partial charge in [-0.15, -0.1) is 0 Å². The number of nitrogens with zero attached hydrogens (tertiary/aromatic N) is 4. The Morgan fingerprint density at radius 3 is 1.75 bits per heavy atom. The molecular weight excluding hydrogens is 633 g/mol. The third kappa shape index (κ3) is 3.58. The van der Waals surface area contributed by atoms with Crippen molar-refractivity contribution in [3.8, 4) is 11.4 Å². The molecule has 0 bridgehead atoms. The van der Waals surface area contributed by atoms with E-state index in [1.54, 1.807) is 0 Å². The van der Waals surface area contributed by atoms with Crippen molar-refractivity contribution < 1.29 is 0 Å². The molecule has 0 fully saturated rings. The molecule has 242 valence electrons. The van der Waals surface area contributed by atoms with E-state index in [0.717, 1.165) is 11.4 Å². The van der Waals surface area contributed by atoms with Crippen molar-refractivity contribution in [3.63, 3.8) is 0 Å². The third-order valence-electron chi connectivity index (χ3n) is 11.3. The minimum absolute atomic E-state index is 0.0771. The molecule has 0 radical (unpaired) electrons. The van der Waals surface area contributed by atoms with Gasteiger partial charge in [0.1, 0.15) is 11.7 Å². The second-order valence-corrected chi connectivity index (χ2v) is 13.9. The van der Waals surface area contributed by atoms with Gasteiger partial charge in [-0.2, -0.15) is 4.58 Å². The zero-order valence-corrected chi connectivity index (χ0v) is 28.2. The summed E-state index contributed by atoms with van der Waals surface area (Å²) >= 11 is 0. The van der Waals surface area contributed by atoms with Crippen LogP contribution in [0.5, 0.6) is 0 Å². The zero-order valence-electron chi connectivity index (χ0n) is 28.2. The third-order valence-corrected chi connectivity index (χ3v) is 11.3. The summed E-state index contributed by atoms with van der Waals surface area (Å²) in [6, 6.07) is 59.8. The highest BCUT2D eigenvalue weighted by Crippen LogP contribution is 2.55. The Hall–Kier alpha value is -6.91. The van der Waals surface area contributed by atoms with Crippen LogP contribution in [-0.2, 0) is 0 Å². The van der Waals surface area contributed by atoms with Gasteiger partial charge in [0.2, 0.25) is 17.1 Å². The first kappa shape index (κ1) is 27.9. The lowest BCUT2D eigenvalue weighted by Crippen LogP contribution is -2.43. The molecule has 1 atom stereocenters. The maximum atomic E-state index is 2.57. The Morgan fingerprint density at radius 2 is 1.04 bits per heavy atom. The first-order valence-electron chi connectivity index (χ1n) is 18.0. The van der Waals surface area contributed by atoms with Gasteiger partial charge in [0.15, 0.2) is 0 Å². The molecule has 4 nitrogen and oxygen atoms in total.